The van der Waals surface area contributed by atoms with E-state index < -0.39 is 70.7 Å². The number of carbonyl (C=O) groups excluding carboxylic acids is 6. The lowest BCUT2D eigenvalue weighted by atomic mass is 9.82. The van der Waals surface area contributed by atoms with Crippen molar-refractivity contribution in [1.82, 2.24) is 31.5 Å². The molecular formula is C44H64N8O6S. The summed E-state index contributed by atoms with van der Waals surface area (Å²) in [6.45, 7) is 18.7. The Bertz CT molecular complexity index is 1810. The summed E-state index contributed by atoms with van der Waals surface area (Å²) >= 11 is 4.03. The van der Waals surface area contributed by atoms with E-state index in [1.54, 1.807) is 0 Å². The minimum atomic E-state index is -1.14. The van der Waals surface area contributed by atoms with Crippen LogP contribution in [0.2, 0.25) is 0 Å². The van der Waals surface area contributed by atoms with E-state index in [0.717, 1.165) is 5.56 Å². The fraction of sp³-hybridized carbons (Fsp3) is 0.591. The molecule has 0 radical (unpaired) electrons. The van der Waals surface area contributed by atoms with E-state index in [-0.39, 0.29) is 54.7 Å². The normalized spacial score (nSPS) is 22.8. The van der Waals surface area contributed by atoms with Gasteiger partial charge in [0.1, 0.15) is 42.3 Å². The highest BCUT2D eigenvalue weighted by Gasteiger charge is 2.44. The summed E-state index contributed by atoms with van der Waals surface area (Å²) in [4.78, 5) is 93.7. The molecule has 2 aliphatic rings. The topological polar surface area (TPSA) is 191 Å². The summed E-state index contributed by atoms with van der Waals surface area (Å²) < 4.78 is 0. The SMILES string of the molecule is C#CCC(=O)C[C@H](C=N/C=C\S)NC(=O)C(NC(=O)C(NC1=NCC(=O)N2CC[C@@H](C)[C@H]2C(=O)N[C@@H](C(C)C)C(=O)NC1C(C)(C)C)C(C)(C)C)[C@@H](C)c1ccccc1. The number of nitrogens with one attached hydrogen (secondary N) is 5. The minimum Gasteiger partial charge on any atom is -0.360 e. The summed E-state index contributed by atoms with van der Waals surface area (Å²) in [6.07, 6.45) is 8.55. The van der Waals surface area contributed by atoms with Crippen LogP contribution in [0.15, 0.2) is 51.9 Å². The predicted molar refractivity (Wildman–Crippen MR) is 235 cm³/mol. The zero-order chi connectivity index (χ0) is 44.2. The number of nitrogens with zero attached hydrogens (tertiary/aromatic N) is 3. The first kappa shape index (κ1) is 48.4. The Morgan fingerprint density at radius 2 is 1.68 bits per heavy atom. The average molecular weight is 833 g/mol. The van der Waals surface area contributed by atoms with Crippen LogP contribution in [0.4, 0.5) is 0 Å². The smallest absolute Gasteiger partial charge is 0.244 e. The van der Waals surface area contributed by atoms with Gasteiger partial charge in [0.25, 0.3) is 0 Å². The molecule has 322 valence electrons. The maximum atomic E-state index is 14.8. The molecule has 8 atom stereocenters. The van der Waals surface area contributed by atoms with Gasteiger partial charge in [-0.1, -0.05) is 105 Å². The first-order valence-corrected chi connectivity index (χ1v) is 20.8. The van der Waals surface area contributed by atoms with Crippen LogP contribution in [0, 0.1) is 35.0 Å². The van der Waals surface area contributed by atoms with E-state index in [2.05, 4.69) is 50.1 Å². The van der Waals surface area contributed by atoms with Crippen molar-refractivity contribution >= 4 is 60.0 Å². The lowest BCUT2D eigenvalue weighted by molar-refractivity contribution is -0.140. The van der Waals surface area contributed by atoms with Crippen molar-refractivity contribution in [2.45, 2.75) is 131 Å². The highest BCUT2D eigenvalue weighted by Crippen LogP contribution is 2.28. The molecule has 3 rings (SSSR count). The van der Waals surface area contributed by atoms with Crippen molar-refractivity contribution in [3.63, 3.8) is 0 Å². The van der Waals surface area contributed by atoms with E-state index in [0.29, 0.717) is 13.0 Å². The fourth-order valence-electron chi connectivity index (χ4n) is 7.25. The molecule has 0 saturated carbocycles. The molecule has 0 aromatic heterocycles. The average Bonchev–Trinajstić information content (AvgIpc) is 3.54. The van der Waals surface area contributed by atoms with E-state index in [9.17, 15) is 28.8 Å². The second-order valence-electron chi connectivity index (χ2n) is 18.0. The highest BCUT2D eigenvalue weighted by molar-refractivity contribution is 7.83. The van der Waals surface area contributed by atoms with Crippen molar-refractivity contribution < 1.29 is 28.8 Å². The Hall–Kier alpha value is -4.97. The number of hydrogen-bond donors (Lipinski definition) is 6. The molecule has 1 fully saturated rings. The van der Waals surface area contributed by atoms with Gasteiger partial charge in [0.15, 0.2) is 0 Å². The summed E-state index contributed by atoms with van der Waals surface area (Å²) in [5, 5.41) is 16.6. The van der Waals surface area contributed by atoms with E-state index in [4.69, 9.17) is 11.4 Å². The van der Waals surface area contributed by atoms with Gasteiger partial charge < -0.3 is 31.5 Å². The highest BCUT2D eigenvalue weighted by atomic mass is 32.1. The summed E-state index contributed by atoms with van der Waals surface area (Å²) in [7, 11) is 0. The standard InChI is InChI=1S/C44H64N8O6S/c1-12-16-31(53)23-30(24-45-20-22-59)47-40(56)34(28(5)29-17-14-13-15-18-29)49-42(58)37(44(9,10)11)50-38-36(43(6,7)8)51-39(55)33(26(2)3)48-41(57)35-27(4)19-21-52(35)32(54)25-46-38/h1,13-15,17-18,20,22,24,26-28,30,33-37,59H,16,19,21,23,25H2,2-11H3,(H,46,50)(H,47,56)(H,48,57)(H,49,58)(H,51,55)/b22-20-,45-24?/t27-,28+,30-,33+,34?,35+,36?,37?/m1/s1. The molecular weight excluding hydrogens is 769 g/mol. The second-order valence-corrected chi connectivity index (χ2v) is 18.3. The molecule has 0 aliphatic carbocycles. The summed E-state index contributed by atoms with van der Waals surface area (Å²) in [6, 6.07) is 3.68. The Kier molecular flexibility index (Phi) is 17.5. The number of fused-ring (bicyclic) bond motifs is 1. The number of aliphatic imine (C=N–C) groups is 2. The number of benzene rings is 1. The molecule has 2 heterocycles. The second kappa shape index (κ2) is 21.3. The maximum Gasteiger partial charge on any atom is 0.244 e. The molecule has 1 aromatic rings. The van der Waals surface area contributed by atoms with Gasteiger partial charge in [-0.2, -0.15) is 0 Å². The van der Waals surface area contributed by atoms with Gasteiger partial charge in [0.2, 0.25) is 29.5 Å². The Labute approximate surface area is 355 Å². The predicted octanol–water partition coefficient (Wildman–Crippen LogP) is 3.54. The number of rotatable bonds is 13. The molecule has 15 heteroatoms. The first-order chi connectivity index (χ1) is 27.6. The van der Waals surface area contributed by atoms with Crippen molar-refractivity contribution in [2.24, 2.45) is 32.7 Å². The summed E-state index contributed by atoms with van der Waals surface area (Å²) in [5.74, 6) is -0.996. The van der Waals surface area contributed by atoms with E-state index in [1.165, 1.54) is 22.7 Å². The molecule has 2 aliphatic heterocycles. The maximum absolute atomic E-state index is 14.8. The van der Waals surface area contributed by atoms with Gasteiger partial charge in [-0.25, -0.2) is 0 Å². The summed E-state index contributed by atoms with van der Waals surface area (Å²) in [5.41, 5.74) is -0.744. The zero-order valence-corrected chi connectivity index (χ0v) is 37.1. The zero-order valence-electron chi connectivity index (χ0n) is 36.2. The molecule has 1 aromatic carbocycles. The van der Waals surface area contributed by atoms with Crippen molar-refractivity contribution in [1.29, 1.82) is 0 Å². The number of ketones is 1. The Balaban J connectivity index is 2.11. The molecule has 3 unspecified atom stereocenters. The number of terminal acetylenes is 1. The molecule has 0 bridgehead atoms. The van der Waals surface area contributed by atoms with Crippen LogP contribution in [0.3, 0.4) is 0 Å². The third-order valence-electron chi connectivity index (χ3n) is 10.7. The number of Topliss-reactive ketones (excluding diaryl/α,β-unsaturated/α-hetero) is 1. The monoisotopic (exact) mass is 832 g/mol. The van der Waals surface area contributed by atoms with Crippen molar-refractivity contribution in [3.05, 3.63) is 47.5 Å². The van der Waals surface area contributed by atoms with Gasteiger partial charge in [-0.05, 0) is 40.1 Å². The number of thiol groups is 1. The Morgan fingerprint density at radius 3 is 2.25 bits per heavy atom. The largest absolute Gasteiger partial charge is 0.360 e. The van der Waals surface area contributed by atoms with Gasteiger partial charge >= 0.3 is 0 Å². The molecule has 5 N–H and O–H groups in total. The van der Waals surface area contributed by atoms with Crippen molar-refractivity contribution in [3.8, 4) is 12.3 Å². The lowest BCUT2D eigenvalue weighted by Crippen LogP contribution is -2.65. The molecule has 5 amide bonds. The minimum absolute atomic E-state index is 0.122. The number of amidine groups is 1. The van der Waals surface area contributed by atoms with Gasteiger partial charge in [0, 0.05) is 31.3 Å². The van der Waals surface area contributed by atoms with Crippen LogP contribution >= 0.6 is 12.6 Å². The molecule has 14 nitrogen and oxygen atoms in total. The number of amides is 5. The van der Waals surface area contributed by atoms with Crippen LogP contribution in [0.5, 0.6) is 0 Å². The molecule has 59 heavy (non-hydrogen) atoms. The number of hydrogen-bond acceptors (Lipinski definition) is 10. The third kappa shape index (κ3) is 13.5. The van der Waals surface area contributed by atoms with Crippen LogP contribution in [0.25, 0.3) is 0 Å². The van der Waals surface area contributed by atoms with E-state index >= 15 is 0 Å². The molecule has 1 saturated heterocycles. The number of carbonyl (C=O) groups is 6. The third-order valence-corrected chi connectivity index (χ3v) is 10.8. The van der Waals surface area contributed by atoms with Gasteiger partial charge in [-0.3, -0.25) is 38.8 Å². The van der Waals surface area contributed by atoms with E-state index in [1.807, 2.05) is 99.6 Å². The Morgan fingerprint density at radius 1 is 1.02 bits per heavy atom. The fourth-order valence-corrected chi connectivity index (χ4v) is 7.33. The first-order valence-electron chi connectivity index (χ1n) is 20.2. The molecule has 0 spiro atoms. The van der Waals surface area contributed by atoms with Gasteiger partial charge in [-0.15, -0.1) is 19.1 Å². The van der Waals surface area contributed by atoms with Gasteiger partial charge in [0.05, 0.1) is 18.5 Å². The van der Waals surface area contributed by atoms with Crippen LogP contribution < -0.4 is 26.6 Å². The quantitative estimate of drug-likeness (QED) is 0.0996. The van der Waals surface area contributed by atoms with Crippen LogP contribution in [0.1, 0.15) is 100.0 Å². The van der Waals surface area contributed by atoms with Crippen molar-refractivity contribution in [2.75, 3.05) is 13.1 Å². The lowest BCUT2D eigenvalue weighted by Gasteiger charge is -2.39. The van der Waals surface area contributed by atoms with Crippen LogP contribution in [-0.2, 0) is 28.8 Å². The van der Waals surface area contributed by atoms with Crippen LogP contribution in [-0.4, -0.2) is 102 Å².